The van der Waals surface area contributed by atoms with Crippen LogP contribution in [0.4, 0.5) is 0 Å². The smallest absolute Gasteiger partial charge is 0.127 e. The van der Waals surface area contributed by atoms with Crippen molar-refractivity contribution in [2.45, 2.75) is 32.6 Å². The van der Waals surface area contributed by atoms with E-state index in [1.807, 2.05) is 18.2 Å². The van der Waals surface area contributed by atoms with Gasteiger partial charge in [0.15, 0.2) is 0 Å². The Morgan fingerprint density at radius 3 is 2.83 bits per heavy atom. The number of carbonyl (C=O) groups excluding carboxylic acids is 1. The number of aromatic hydroxyl groups is 1. The molecule has 1 aromatic carbocycles. The third-order valence-electron chi connectivity index (χ3n) is 4.17. The highest BCUT2D eigenvalue weighted by molar-refractivity contribution is 5.64. The summed E-state index contributed by atoms with van der Waals surface area (Å²) >= 11 is 0. The molecule has 0 radical (unpaired) electrons. The van der Waals surface area contributed by atoms with Crippen molar-refractivity contribution in [2.24, 2.45) is 5.41 Å². The number of hydrogen-bond donors (Lipinski definition) is 1. The Morgan fingerprint density at radius 2 is 2.09 bits per heavy atom. The number of rotatable bonds is 1. The summed E-state index contributed by atoms with van der Waals surface area (Å²) in [5, 5.41) is 9.47. The Hall–Kier alpha value is -2.60. The molecule has 3 heteroatoms. The van der Waals surface area contributed by atoms with E-state index in [0.717, 1.165) is 35.9 Å². The van der Waals surface area contributed by atoms with Crippen LogP contribution in [-0.2, 0) is 11.2 Å². The van der Waals surface area contributed by atoms with E-state index in [1.165, 1.54) is 0 Å². The molecule has 0 spiro atoms. The quantitative estimate of drug-likeness (QED) is 0.648. The van der Waals surface area contributed by atoms with Crippen LogP contribution in [0.1, 0.15) is 48.7 Å². The summed E-state index contributed by atoms with van der Waals surface area (Å²) in [5.41, 5.74) is 3.51. The second-order valence-corrected chi connectivity index (χ2v) is 6.82. The molecule has 116 valence electrons. The lowest BCUT2D eigenvalue weighted by molar-refractivity contribution is -0.109. The van der Waals surface area contributed by atoms with Crippen LogP contribution < -0.4 is 0 Å². The van der Waals surface area contributed by atoms with Gasteiger partial charge in [-0.3, -0.25) is 0 Å². The number of phenolic OH excluding ortho intramolecular Hbond substituents is 1. The number of pyridine rings is 1. The fourth-order valence-corrected chi connectivity index (χ4v) is 3.13. The third kappa shape index (κ3) is 3.43. The van der Waals surface area contributed by atoms with E-state index < -0.39 is 0 Å². The molecule has 3 rings (SSSR count). The summed E-state index contributed by atoms with van der Waals surface area (Å²) in [4.78, 5) is 16.0. The maximum atomic E-state index is 11.4. The number of fused-ring (bicyclic) bond motifs is 1. The largest absolute Gasteiger partial charge is 0.508 e. The van der Waals surface area contributed by atoms with Crippen molar-refractivity contribution in [2.75, 3.05) is 0 Å². The zero-order valence-electron chi connectivity index (χ0n) is 13.3. The van der Waals surface area contributed by atoms with Crippen molar-refractivity contribution in [1.82, 2.24) is 4.98 Å². The zero-order chi connectivity index (χ0) is 16.4. The molecule has 2 aromatic rings. The number of nitrogens with zero attached hydrogens (tertiary/aromatic N) is 1. The molecule has 1 unspecified atom stereocenters. The Labute approximate surface area is 136 Å². The molecule has 0 aliphatic heterocycles. The first-order valence-corrected chi connectivity index (χ1v) is 7.73. The van der Waals surface area contributed by atoms with Crippen LogP contribution in [0, 0.1) is 17.3 Å². The lowest BCUT2D eigenvalue weighted by Crippen LogP contribution is -2.27. The number of hydrogen-bond acceptors (Lipinski definition) is 3. The predicted molar refractivity (Wildman–Crippen MR) is 89.2 cm³/mol. The van der Waals surface area contributed by atoms with Crippen molar-refractivity contribution in [3.05, 3.63) is 58.9 Å². The normalized spacial score (nSPS) is 18.4. The second kappa shape index (κ2) is 5.89. The van der Waals surface area contributed by atoms with E-state index in [4.69, 9.17) is 0 Å². The Bertz CT molecular complexity index is 812. The molecule has 1 aromatic heterocycles. The summed E-state index contributed by atoms with van der Waals surface area (Å²) in [6.07, 6.45) is 2.74. The Morgan fingerprint density at radius 1 is 1.26 bits per heavy atom. The first-order chi connectivity index (χ1) is 11.0. The van der Waals surface area contributed by atoms with Gasteiger partial charge < -0.3 is 9.90 Å². The summed E-state index contributed by atoms with van der Waals surface area (Å²) in [6, 6.07) is 10.7. The van der Waals surface area contributed by atoms with E-state index in [2.05, 4.69) is 30.7 Å². The molecular weight excluding hydrogens is 286 g/mol. The zero-order valence-corrected chi connectivity index (χ0v) is 13.3. The van der Waals surface area contributed by atoms with Gasteiger partial charge in [0.05, 0.1) is 0 Å². The minimum Gasteiger partial charge on any atom is -0.508 e. The molecule has 1 atom stereocenters. The standard InChI is InChI=1S/C20H19NO2/c1-20(2)11-15(13-22)18-9-8-16(21-19(18)12-20)7-6-14-4-3-5-17(23)10-14/h3-5,8-10,13,15,23H,11-12H2,1-2H3. The molecular formula is C20H19NO2. The highest BCUT2D eigenvalue weighted by atomic mass is 16.3. The van der Waals surface area contributed by atoms with Gasteiger partial charge in [0.1, 0.15) is 17.7 Å². The molecule has 1 N–H and O–H groups in total. The first-order valence-electron chi connectivity index (χ1n) is 7.73. The molecule has 0 fully saturated rings. The molecule has 0 saturated heterocycles. The van der Waals surface area contributed by atoms with E-state index in [-0.39, 0.29) is 17.1 Å². The molecule has 0 amide bonds. The lowest BCUT2D eigenvalue weighted by atomic mass is 9.71. The third-order valence-corrected chi connectivity index (χ3v) is 4.17. The molecule has 1 aliphatic carbocycles. The molecule has 1 aliphatic rings. The molecule has 3 nitrogen and oxygen atoms in total. The number of benzene rings is 1. The van der Waals surface area contributed by atoms with Crippen LogP contribution in [-0.4, -0.2) is 16.4 Å². The van der Waals surface area contributed by atoms with Gasteiger partial charge in [0.25, 0.3) is 0 Å². The van der Waals surface area contributed by atoms with E-state index in [0.29, 0.717) is 5.69 Å². The fraction of sp³-hybridized carbons (Fsp3) is 0.300. The predicted octanol–water partition coefficient (Wildman–Crippen LogP) is 3.44. The van der Waals surface area contributed by atoms with Crippen LogP contribution >= 0.6 is 0 Å². The van der Waals surface area contributed by atoms with Crippen LogP contribution in [0.3, 0.4) is 0 Å². The maximum Gasteiger partial charge on any atom is 0.127 e. The Kier molecular flexibility index (Phi) is 3.92. The van der Waals surface area contributed by atoms with E-state index in [9.17, 15) is 9.90 Å². The topological polar surface area (TPSA) is 50.2 Å². The second-order valence-electron chi connectivity index (χ2n) is 6.82. The van der Waals surface area contributed by atoms with Gasteiger partial charge in [-0.05, 0) is 54.0 Å². The monoisotopic (exact) mass is 305 g/mol. The summed E-state index contributed by atoms with van der Waals surface area (Å²) in [6.45, 7) is 4.33. The van der Waals surface area contributed by atoms with Crippen molar-refractivity contribution in [1.29, 1.82) is 0 Å². The summed E-state index contributed by atoms with van der Waals surface area (Å²) in [5.74, 6) is 6.18. The molecule has 1 heterocycles. The average molecular weight is 305 g/mol. The Balaban J connectivity index is 1.94. The van der Waals surface area contributed by atoms with E-state index in [1.54, 1.807) is 18.2 Å². The van der Waals surface area contributed by atoms with Gasteiger partial charge in [0, 0.05) is 17.2 Å². The van der Waals surface area contributed by atoms with Gasteiger partial charge in [-0.1, -0.05) is 31.9 Å². The van der Waals surface area contributed by atoms with Crippen LogP contribution in [0.5, 0.6) is 5.75 Å². The van der Waals surface area contributed by atoms with Crippen molar-refractivity contribution >= 4 is 6.29 Å². The van der Waals surface area contributed by atoms with Gasteiger partial charge >= 0.3 is 0 Å². The maximum absolute atomic E-state index is 11.4. The number of aldehydes is 1. The van der Waals surface area contributed by atoms with Gasteiger partial charge in [-0.25, -0.2) is 4.98 Å². The van der Waals surface area contributed by atoms with Gasteiger partial charge in [-0.2, -0.15) is 0 Å². The van der Waals surface area contributed by atoms with Crippen molar-refractivity contribution in [3.8, 4) is 17.6 Å². The van der Waals surface area contributed by atoms with E-state index >= 15 is 0 Å². The molecule has 23 heavy (non-hydrogen) atoms. The number of phenols is 1. The number of aromatic nitrogens is 1. The highest BCUT2D eigenvalue weighted by Crippen LogP contribution is 2.40. The van der Waals surface area contributed by atoms with Gasteiger partial charge in [0.2, 0.25) is 0 Å². The molecule has 0 saturated carbocycles. The highest BCUT2D eigenvalue weighted by Gasteiger charge is 2.32. The minimum absolute atomic E-state index is 0.0723. The van der Waals surface area contributed by atoms with Gasteiger partial charge in [-0.15, -0.1) is 0 Å². The fourth-order valence-electron chi connectivity index (χ4n) is 3.13. The SMILES string of the molecule is CC1(C)Cc2nc(C#Cc3cccc(O)c3)ccc2C(C=O)C1. The van der Waals surface area contributed by atoms with Crippen LogP contribution in [0.25, 0.3) is 0 Å². The lowest BCUT2D eigenvalue weighted by Gasteiger charge is -2.34. The molecule has 0 bridgehead atoms. The average Bonchev–Trinajstić information content (AvgIpc) is 2.51. The van der Waals surface area contributed by atoms with Crippen molar-refractivity contribution < 1.29 is 9.90 Å². The van der Waals surface area contributed by atoms with Crippen molar-refractivity contribution in [3.63, 3.8) is 0 Å². The van der Waals surface area contributed by atoms with Crippen LogP contribution in [0.15, 0.2) is 36.4 Å². The minimum atomic E-state index is -0.0747. The number of carbonyl (C=O) groups is 1. The summed E-state index contributed by atoms with van der Waals surface area (Å²) in [7, 11) is 0. The summed E-state index contributed by atoms with van der Waals surface area (Å²) < 4.78 is 0. The van der Waals surface area contributed by atoms with Crippen LogP contribution in [0.2, 0.25) is 0 Å². The first kappa shape index (κ1) is 15.3.